The van der Waals surface area contributed by atoms with Crippen LogP contribution in [0.4, 0.5) is 4.79 Å². The molecule has 3 aliphatic rings. The minimum atomic E-state index is -1.23. The minimum absolute atomic E-state index is 0.0898. The molecule has 1 aliphatic carbocycles. The van der Waals surface area contributed by atoms with Gasteiger partial charge in [-0.15, -0.1) is 0 Å². The Balaban J connectivity index is 1.32. The summed E-state index contributed by atoms with van der Waals surface area (Å²) in [6.07, 6.45) is 1.80. The Morgan fingerprint density at radius 3 is 2.26 bits per heavy atom. The van der Waals surface area contributed by atoms with Gasteiger partial charge in [0.05, 0.1) is 0 Å². The molecule has 2 saturated heterocycles. The highest BCUT2D eigenvalue weighted by molar-refractivity contribution is 5.93. The Bertz CT molecular complexity index is 1080. The van der Waals surface area contributed by atoms with Gasteiger partial charge in [-0.05, 0) is 41.5 Å². The van der Waals surface area contributed by atoms with Crippen molar-refractivity contribution in [3.63, 3.8) is 0 Å². The SMILES string of the molecule is O=C(NC1(C(=O)N2CCCC[C@H]2C(=O)O)CCOCC1)OCC1c2ccccc2-c2ccccc21. The van der Waals surface area contributed by atoms with Crippen LogP contribution < -0.4 is 5.32 Å². The number of hydrogen-bond donors (Lipinski definition) is 2. The highest BCUT2D eigenvalue weighted by Crippen LogP contribution is 2.44. The van der Waals surface area contributed by atoms with Gasteiger partial charge in [-0.25, -0.2) is 9.59 Å². The first-order chi connectivity index (χ1) is 17.0. The average Bonchev–Trinajstić information content (AvgIpc) is 3.21. The molecule has 0 radical (unpaired) electrons. The molecule has 0 saturated carbocycles. The molecular weight excluding hydrogens is 448 g/mol. The van der Waals surface area contributed by atoms with Gasteiger partial charge in [-0.1, -0.05) is 48.5 Å². The maximum atomic E-state index is 13.6. The summed E-state index contributed by atoms with van der Waals surface area (Å²) in [5, 5.41) is 12.5. The summed E-state index contributed by atoms with van der Waals surface area (Å²) in [4.78, 5) is 39.9. The number of carbonyl (C=O) groups excluding carboxylic acids is 2. The van der Waals surface area contributed by atoms with E-state index in [2.05, 4.69) is 17.4 Å². The van der Waals surface area contributed by atoms with Crippen molar-refractivity contribution in [2.24, 2.45) is 0 Å². The highest BCUT2D eigenvalue weighted by atomic mass is 16.5. The molecule has 1 atom stereocenters. The van der Waals surface area contributed by atoms with Crippen molar-refractivity contribution in [1.29, 1.82) is 0 Å². The van der Waals surface area contributed by atoms with Crippen molar-refractivity contribution in [2.45, 2.75) is 49.6 Å². The third kappa shape index (κ3) is 4.38. The molecule has 2 aromatic rings. The van der Waals surface area contributed by atoms with Gasteiger partial charge in [0.15, 0.2) is 0 Å². The third-order valence-corrected chi connectivity index (χ3v) is 7.49. The number of amides is 2. The van der Waals surface area contributed by atoms with Crippen LogP contribution in [0.5, 0.6) is 0 Å². The number of likely N-dealkylation sites (tertiary alicyclic amines) is 1. The van der Waals surface area contributed by atoms with E-state index in [0.29, 0.717) is 26.2 Å². The molecule has 8 nitrogen and oxygen atoms in total. The van der Waals surface area contributed by atoms with Gasteiger partial charge in [0.1, 0.15) is 18.2 Å². The van der Waals surface area contributed by atoms with Crippen molar-refractivity contribution in [3.05, 3.63) is 59.7 Å². The average molecular weight is 479 g/mol. The van der Waals surface area contributed by atoms with Gasteiger partial charge >= 0.3 is 12.1 Å². The number of ether oxygens (including phenoxy) is 2. The molecule has 35 heavy (non-hydrogen) atoms. The summed E-state index contributed by atoms with van der Waals surface area (Å²) in [6, 6.07) is 15.3. The summed E-state index contributed by atoms with van der Waals surface area (Å²) in [5.74, 6) is -1.46. The fraction of sp³-hybridized carbons (Fsp3) is 0.444. The molecule has 0 unspecified atom stereocenters. The molecule has 184 valence electrons. The lowest BCUT2D eigenvalue weighted by Crippen LogP contribution is -2.65. The molecule has 2 amide bonds. The first kappa shape index (κ1) is 23.4. The van der Waals surface area contributed by atoms with Crippen LogP contribution >= 0.6 is 0 Å². The first-order valence-electron chi connectivity index (χ1n) is 12.2. The molecule has 2 fully saturated rings. The van der Waals surface area contributed by atoms with Crippen molar-refractivity contribution in [1.82, 2.24) is 10.2 Å². The maximum absolute atomic E-state index is 13.6. The lowest BCUT2D eigenvalue weighted by molar-refractivity contribution is -0.157. The monoisotopic (exact) mass is 478 g/mol. The number of carboxylic acids is 1. The van der Waals surface area contributed by atoms with Gasteiger partial charge in [-0.3, -0.25) is 4.79 Å². The van der Waals surface area contributed by atoms with E-state index in [1.165, 1.54) is 4.90 Å². The van der Waals surface area contributed by atoms with Crippen LogP contribution in [0.2, 0.25) is 0 Å². The van der Waals surface area contributed by atoms with Crippen LogP contribution in [0.3, 0.4) is 0 Å². The van der Waals surface area contributed by atoms with E-state index >= 15 is 0 Å². The second-order valence-corrected chi connectivity index (χ2v) is 9.49. The fourth-order valence-electron chi connectivity index (χ4n) is 5.65. The largest absolute Gasteiger partial charge is 0.480 e. The van der Waals surface area contributed by atoms with Gasteiger partial charge in [0.2, 0.25) is 5.91 Å². The number of nitrogens with zero attached hydrogens (tertiary/aromatic N) is 1. The molecule has 2 aromatic carbocycles. The second kappa shape index (κ2) is 9.70. The van der Waals surface area contributed by atoms with E-state index in [1.54, 1.807) is 0 Å². The predicted octanol–water partition coefficient (Wildman–Crippen LogP) is 3.54. The van der Waals surface area contributed by atoms with Crippen LogP contribution in [0.15, 0.2) is 48.5 Å². The Morgan fingerprint density at radius 1 is 1.00 bits per heavy atom. The van der Waals surface area contributed by atoms with E-state index in [4.69, 9.17) is 9.47 Å². The van der Waals surface area contributed by atoms with Crippen LogP contribution in [-0.4, -0.2) is 65.9 Å². The number of benzene rings is 2. The molecular formula is C27H30N2O6. The van der Waals surface area contributed by atoms with Gasteiger partial charge in [0.25, 0.3) is 0 Å². The van der Waals surface area contributed by atoms with Gasteiger partial charge < -0.3 is 24.8 Å². The number of alkyl carbamates (subject to hydrolysis) is 1. The van der Waals surface area contributed by atoms with E-state index in [9.17, 15) is 19.5 Å². The molecule has 0 spiro atoms. The molecule has 0 aromatic heterocycles. The highest BCUT2D eigenvalue weighted by Gasteiger charge is 2.47. The lowest BCUT2D eigenvalue weighted by atomic mass is 9.86. The van der Waals surface area contributed by atoms with Gasteiger partial charge in [0, 0.05) is 38.5 Å². The summed E-state index contributed by atoms with van der Waals surface area (Å²) >= 11 is 0. The van der Waals surface area contributed by atoms with E-state index in [1.807, 2.05) is 36.4 Å². The summed E-state index contributed by atoms with van der Waals surface area (Å²) < 4.78 is 11.2. The molecule has 2 aliphatic heterocycles. The number of nitrogens with one attached hydrogen (secondary N) is 1. The zero-order chi connectivity index (χ0) is 24.4. The van der Waals surface area contributed by atoms with E-state index in [-0.39, 0.29) is 31.3 Å². The van der Waals surface area contributed by atoms with Crippen molar-refractivity contribution in [2.75, 3.05) is 26.4 Å². The Kier molecular flexibility index (Phi) is 6.47. The molecule has 2 N–H and O–H groups in total. The molecule has 5 rings (SSSR count). The van der Waals surface area contributed by atoms with Crippen LogP contribution in [0.25, 0.3) is 11.1 Å². The quantitative estimate of drug-likeness (QED) is 0.681. The molecule has 8 heteroatoms. The first-order valence-corrected chi connectivity index (χ1v) is 12.2. The van der Waals surface area contributed by atoms with Crippen molar-refractivity contribution < 1.29 is 29.0 Å². The maximum Gasteiger partial charge on any atom is 0.408 e. The Hall–Kier alpha value is -3.39. The number of carboxylic acid groups (broad SMARTS) is 1. The Morgan fingerprint density at radius 2 is 1.63 bits per heavy atom. The third-order valence-electron chi connectivity index (χ3n) is 7.49. The van der Waals surface area contributed by atoms with Crippen LogP contribution in [0, 0.1) is 0 Å². The summed E-state index contributed by atoms with van der Waals surface area (Å²) in [5.41, 5.74) is 3.26. The number of fused-ring (bicyclic) bond motifs is 3. The van der Waals surface area contributed by atoms with Crippen LogP contribution in [-0.2, 0) is 19.1 Å². The number of rotatable bonds is 5. The topological polar surface area (TPSA) is 105 Å². The smallest absolute Gasteiger partial charge is 0.408 e. The van der Waals surface area contributed by atoms with E-state index in [0.717, 1.165) is 35.1 Å². The predicted molar refractivity (Wildman–Crippen MR) is 128 cm³/mol. The lowest BCUT2D eigenvalue weighted by Gasteiger charge is -2.43. The molecule has 0 bridgehead atoms. The summed E-state index contributed by atoms with van der Waals surface area (Å²) in [6.45, 7) is 1.12. The zero-order valence-corrected chi connectivity index (χ0v) is 19.6. The van der Waals surface area contributed by atoms with Crippen LogP contribution in [0.1, 0.15) is 49.1 Å². The normalized spacial score (nSPS) is 21.0. The minimum Gasteiger partial charge on any atom is -0.480 e. The standard InChI is InChI=1S/C27H30N2O6/c30-24(31)23-11-5-6-14-29(23)25(32)27(12-15-34-16-13-27)28-26(33)35-17-22-20-9-3-1-7-18(20)19-8-2-4-10-21(19)22/h1-4,7-10,22-23H,5-6,11-17H2,(H,28,33)(H,30,31)/t23-/m0/s1. The number of carbonyl (C=O) groups is 3. The second-order valence-electron chi connectivity index (χ2n) is 9.49. The fourth-order valence-corrected chi connectivity index (χ4v) is 5.65. The summed E-state index contributed by atoms with van der Waals surface area (Å²) in [7, 11) is 0. The number of hydrogen-bond acceptors (Lipinski definition) is 5. The van der Waals surface area contributed by atoms with Crippen molar-refractivity contribution >= 4 is 18.0 Å². The number of piperidine rings is 1. The zero-order valence-electron chi connectivity index (χ0n) is 19.6. The number of aliphatic carboxylic acids is 1. The molecule has 2 heterocycles. The van der Waals surface area contributed by atoms with Crippen molar-refractivity contribution in [3.8, 4) is 11.1 Å². The van der Waals surface area contributed by atoms with E-state index < -0.39 is 23.6 Å². The van der Waals surface area contributed by atoms with Gasteiger partial charge in [-0.2, -0.15) is 0 Å². The Labute approximate surface area is 204 Å².